The summed E-state index contributed by atoms with van der Waals surface area (Å²) in [5.41, 5.74) is -1.67. The molecule has 1 atom stereocenters. The number of hydrogen-bond acceptors (Lipinski definition) is 3. The molecular weight excluding hydrogens is 263 g/mol. The van der Waals surface area contributed by atoms with Gasteiger partial charge in [0.2, 0.25) is 0 Å². The highest BCUT2D eigenvalue weighted by Crippen LogP contribution is 2.31. The molecule has 0 aliphatic rings. The van der Waals surface area contributed by atoms with Crippen molar-refractivity contribution in [2.45, 2.75) is 25.6 Å². The first-order valence-corrected chi connectivity index (χ1v) is 5.67. The molecule has 0 radical (unpaired) electrons. The molecule has 0 aliphatic carbocycles. The lowest BCUT2D eigenvalue weighted by molar-refractivity contribution is -0.141. The Morgan fingerprint density at radius 2 is 2.16 bits per heavy atom. The average molecular weight is 279 g/mol. The van der Waals surface area contributed by atoms with E-state index < -0.39 is 29.4 Å². The topological polar surface area (TPSA) is 58.4 Å². The summed E-state index contributed by atoms with van der Waals surface area (Å²) in [6.45, 7) is 1.71. The zero-order valence-electron chi connectivity index (χ0n) is 10.9. The summed E-state index contributed by atoms with van der Waals surface area (Å²) >= 11 is 0. The van der Waals surface area contributed by atoms with Crippen LogP contribution in [0.15, 0.2) is 6.20 Å². The molecule has 19 heavy (non-hydrogen) atoms. The Bertz CT molecular complexity index is 455. The van der Waals surface area contributed by atoms with Crippen molar-refractivity contribution in [3.63, 3.8) is 0 Å². The lowest BCUT2D eigenvalue weighted by Crippen LogP contribution is -2.30. The maximum atomic E-state index is 12.7. The van der Waals surface area contributed by atoms with E-state index in [1.54, 1.807) is 6.92 Å². The first-order valence-electron chi connectivity index (χ1n) is 5.67. The van der Waals surface area contributed by atoms with E-state index in [9.17, 15) is 18.0 Å². The molecule has 1 N–H and O–H groups in total. The number of rotatable bonds is 4. The second kappa shape index (κ2) is 5.60. The predicted octanol–water partition coefficient (Wildman–Crippen LogP) is 1.28. The minimum Gasteiger partial charge on any atom is -0.393 e. The van der Waals surface area contributed by atoms with Crippen LogP contribution < -0.4 is 0 Å². The van der Waals surface area contributed by atoms with Crippen molar-refractivity contribution in [1.82, 2.24) is 14.7 Å². The molecular formula is C11H16F3N3O2. The van der Waals surface area contributed by atoms with Crippen LogP contribution in [0.1, 0.15) is 29.4 Å². The number of hydrogen-bond donors (Lipinski definition) is 1. The zero-order chi connectivity index (χ0) is 14.8. The molecule has 1 heterocycles. The normalized spacial score (nSPS) is 13.4. The summed E-state index contributed by atoms with van der Waals surface area (Å²) < 4.78 is 39.1. The van der Waals surface area contributed by atoms with Crippen molar-refractivity contribution >= 4 is 5.91 Å². The van der Waals surface area contributed by atoms with Gasteiger partial charge in [-0.1, -0.05) is 0 Å². The van der Waals surface area contributed by atoms with Crippen LogP contribution in [0.25, 0.3) is 0 Å². The lowest BCUT2D eigenvalue weighted by Gasteiger charge is -2.18. The van der Waals surface area contributed by atoms with Gasteiger partial charge in [0, 0.05) is 26.8 Å². The molecule has 1 aromatic rings. The lowest BCUT2D eigenvalue weighted by atomic mass is 10.2. The molecule has 0 aromatic carbocycles. The average Bonchev–Trinajstić information content (AvgIpc) is 2.66. The fourth-order valence-corrected chi connectivity index (χ4v) is 1.54. The van der Waals surface area contributed by atoms with Crippen LogP contribution >= 0.6 is 0 Å². The third-order valence-electron chi connectivity index (χ3n) is 2.56. The molecule has 0 fully saturated rings. The van der Waals surface area contributed by atoms with E-state index in [2.05, 4.69) is 5.10 Å². The molecule has 8 heteroatoms. The van der Waals surface area contributed by atoms with Gasteiger partial charge in [-0.3, -0.25) is 9.48 Å². The van der Waals surface area contributed by atoms with Crippen molar-refractivity contribution < 1.29 is 23.1 Å². The third-order valence-corrected chi connectivity index (χ3v) is 2.56. The van der Waals surface area contributed by atoms with Gasteiger partial charge in [0.1, 0.15) is 0 Å². The van der Waals surface area contributed by atoms with Crippen molar-refractivity contribution in [1.29, 1.82) is 0 Å². The summed E-state index contributed by atoms with van der Waals surface area (Å²) in [6, 6.07) is 0. The van der Waals surface area contributed by atoms with E-state index in [1.165, 1.54) is 14.1 Å². The summed E-state index contributed by atoms with van der Waals surface area (Å²) in [5, 5.41) is 12.4. The van der Waals surface area contributed by atoms with Crippen LogP contribution in [-0.2, 0) is 13.2 Å². The van der Waals surface area contributed by atoms with Gasteiger partial charge in [-0.05, 0) is 13.3 Å². The van der Waals surface area contributed by atoms with Crippen LogP contribution in [0.3, 0.4) is 0 Å². The van der Waals surface area contributed by atoms with E-state index in [-0.39, 0.29) is 6.54 Å². The number of aryl methyl sites for hydroxylation is 1. The highest BCUT2D eigenvalue weighted by molar-refractivity contribution is 5.95. The number of halogens is 3. The molecule has 1 unspecified atom stereocenters. The van der Waals surface area contributed by atoms with Gasteiger partial charge >= 0.3 is 6.18 Å². The first kappa shape index (κ1) is 15.5. The van der Waals surface area contributed by atoms with Crippen LogP contribution in [0.2, 0.25) is 0 Å². The third kappa shape index (κ3) is 3.95. The first-order chi connectivity index (χ1) is 8.62. The van der Waals surface area contributed by atoms with Crippen molar-refractivity contribution in [3.8, 4) is 0 Å². The van der Waals surface area contributed by atoms with Crippen molar-refractivity contribution in [2.24, 2.45) is 7.05 Å². The van der Waals surface area contributed by atoms with E-state index in [0.29, 0.717) is 6.42 Å². The highest BCUT2D eigenvalue weighted by Gasteiger charge is 2.39. The fraction of sp³-hybridized carbons (Fsp3) is 0.636. The van der Waals surface area contributed by atoms with Crippen LogP contribution in [0, 0.1) is 0 Å². The Balaban J connectivity index is 2.93. The van der Waals surface area contributed by atoms with E-state index in [4.69, 9.17) is 5.11 Å². The van der Waals surface area contributed by atoms with Gasteiger partial charge in [0.25, 0.3) is 5.91 Å². The SMILES string of the molecule is CC(O)CCN(C)C(=O)c1cn(C)nc1C(F)(F)F. The predicted molar refractivity (Wildman–Crippen MR) is 61.5 cm³/mol. The molecule has 1 rings (SSSR count). The number of amides is 1. The number of aliphatic hydroxyl groups is 1. The maximum Gasteiger partial charge on any atom is 0.435 e. The van der Waals surface area contributed by atoms with Crippen LogP contribution in [0.5, 0.6) is 0 Å². The van der Waals surface area contributed by atoms with Crippen molar-refractivity contribution in [3.05, 3.63) is 17.5 Å². The smallest absolute Gasteiger partial charge is 0.393 e. The summed E-state index contributed by atoms with van der Waals surface area (Å²) in [7, 11) is 2.71. The molecule has 0 aliphatic heterocycles. The van der Waals surface area contributed by atoms with Crippen molar-refractivity contribution in [2.75, 3.05) is 13.6 Å². The number of carbonyl (C=O) groups excluding carboxylic acids is 1. The Kier molecular flexibility index (Phi) is 4.56. The molecule has 0 saturated carbocycles. The molecule has 0 spiro atoms. The summed E-state index contributed by atoms with van der Waals surface area (Å²) in [6.07, 6.45) is -3.95. The van der Waals surface area contributed by atoms with Gasteiger partial charge in [0.15, 0.2) is 5.69 Å². The number of aliphatic hydroxyl groups excluding tert-OH is 1. The molecule has 0 saturated heterocycles. The Morgan fingerprint density at radius 1 is 1.58 bits per heavy atom. The van der Waals surface area contributed by atoms with Gasteiger partial charge < -0.3 is 10.0 Å². The zero-order valence-corrected chi connectivity index (χ0v) is 10.9. The Morgan fingerprint density at radius 3 is 2.63 bits per heavy atom. The monoisotopic (exact) mass is 279 g/mol. The number of nitrogens with zero attached hydrogens (tertiary/aromatic N) is 3. The van der Waals surface area contributed by atoms with Gasteiger partial charge in [0.05, 0.1) is 11.7 Å². The van der Waals surface area contributed by atoms with E-state index >= 15 is 0 Å². The van der Waals surface area contributed by atoms with Crippen LogP contribution in [-0.4, -0.2) is 45.4 Å². The van der Waals surface area contributed by atoms with Gasteiger partial charge in [-0.15, -0.1) is 0 Å². The van der Waals surface area contributed by atoms with E-state index in [0.717, 1.165) is 15.8 Å². The molecule has 0 bridgehead atoms. The van der Waals surface area contributed by atoms with Crippen LogP contribution in [0.4, 0.5) is 13.2 Å². The number of alkyl halides is 3. The number of aromatic nitrogens is 2. The van der Waals surface area contributed by atoms with Gasteiger partial charge in [-0.25, -0.2) is 0 Å². The maximum absolute atomic E-state index is 12.7. The molecule has 108 valence electrons. The summed E-state index contributed by atoms with van der Waals surface area (Å²) in [5.74, 6) is -0.763. The fourth-order valence-electron chi connectivity index (χ4n) is 1.54. The summed E-state index contributed by atoms with van der Waals surface area (Å²) in [4.78, 5) is 13.1. The molecule has 1 amide bonds. The van der Waals surface area contributed by atoms with E-state index in [1.807, 2.05) is 0 Å². The largest absolute Gasteiger partial charge is 0.435 e. The minimum atomic E-state index is -4.67. The standard InChI is InChI=1S/C11H16F3N3O2/c1-7(18)4-5-16(2)10(19)8-6-17(3)15-9(8)11(12,13)14/h6-7,18H,4-5H2,1-3H3. The second-order valence-electron chi connectivity index (χ2n) is 4.43. The second-order valence-corrected chi connectivity index (χ2v) is 4.43. The minimum absolute atomic E-state index is 0.169. The quantitative estimate of drug-likeness (QED) is 0.903. The van der Waals surface area contributed by atoms with Gasteiger partial charge in [-0.2, -0.15) is 18.3 Å². The molecule has 1 aromatic heterocycles. The Hall–Kier alpha value is -1.57. The Labute approximate surface area is 108 Å². The highest BCUT2D eigenvalue weighted by atomic mass is 19.4. The number of carbonyl (C=O) groups is 1. The molecule has 5 nitrogen and oxygen atoms in total.